The molecule has 0 bridgehead atoms. The number of hydrogen-bond acceptors (Lipinski definition) is 4. The van der Waals surface area contributed by atoms with Gasteiger partial charge in [0, 0.05) is 25.9 Å². The Balaban J connectivity index is 2.16. The fraction of sp³-hybridized carbons (Fsp3) is 0.455. The summed E-state index contributed by atoms with van der Waals surface area (Å²) in [4.78, 5) is 0.316. The van der Waals surface area contributed by atoms with Crippen molar-refractivity contribution in [3.8, 4) is 0 Å². The second kappa shape index (κ2) is 5.03. The highest BCUT2D eigenvalue weighted by molar-refractivity contribution is 7.89. The van der Waals surface area contributed by atoms with Gasteiger partial charge < -0.3 is 10.1 Å². The molecule has 0 aliphatic carbocycles. The minimum absolute atomic E-state index is 0.286. The molecule has 0 saturated carbocycles. The molecule has 6 heteroatoms. The maximum atomic E-state index is 11.9. The van der Waals surface area contributed by atoms with E-state index in [0.717, 1.165) is 24.2 Å². The van der Waals surface area contributed by atoms with E-state index in [2.05, 4.69) is 10.0 Å². The molecule has 1 aliphatic rings. The van der Waals surface area contributed by atoms with Crippen LogP contribution in [0.25, 0.3) is 0 Å². The Morgan fingerprint density at radius 1 is 1.47 bits per heavy atom. The predicted molar refractivity (Wildman–Crippen MR) is 65.7 cm³/mol. The first kappa shape index (κ1) is 12.3. The topological polar surface area (TPSA) is 67.4 Å². The molecule has 1 aliphatic heterocycles. The van der Waals surface area contributed by atoms with E-state index >= 15 is 0 Å². The molecule has 17 heavy (non-hydrogen) atoms. The van der Waals surface area contributed by atoms with Crippen LogP contribution >= 0.6 is 0 Å². The van der Waals surface area contributed by atoms with Crippen LogP contribution in [-0.2, 0) is 21.2 Å². The molecule has 1 aromatic rings. The Morgan fingerprint density at radius 2 is 2.29 bits per heavy atom. The highest BCUT2D eigenvalue weighted by atomic mass is 32.2. The van der Waals surface area contributed by atoms with E-state index in [4.69, 9.17) is 4.74 Å². The Morgan fingerprint density at radius 3 is 3.06 bits per heavy atom. The first-order valence-corrected chi connectivity index (χ1v) is 6.97. The molecule has 0 spiro atoms. The molecule has 0 atom stereocenters. The normalized spacial score (nSPS) is 14.4. The van der Waals surface area contributed by atoms with Crippen molar-refractivity contribution in [3.63, 3.8) is 0 Å². The molecule has 0 radical (unpaired) electrons. The lowest BCUT2D eigenvalue weighted by atomic mass is 10.2. The van der Waals surface area contributed by atoms with Crippen LogP contribution in [-0.4, -0.2) is 35.2 Å². The van der Waals surface area contributed by atoms with Gasteiger partial charge in [-0.3, -0.25) is 0 Å². The highest BCUT2D eigenvalue weighted by Crippen LogP contribution is 2.24. The third kappa shape index (κ3) is 2.77. The van der Waals surface area contributed by atoms with Gasteiger partial charge in [0.25, 0.3) is 0 Å². The van der Waals surface area contributed by atoms with Crippen molar-refractivity contribution in [2.24, 2.45) is 0 Å². The Kier molecular flexibility index (Phi) is 3.66. The summed E-state index contributed by atoms with van der Waals surface area (Å²) in [7, 11) is -1.87. The summed E-state index contributed by atoms with van der Waals surface area (Å²) >= 11 is 0. The standard InChI is InChI=1S/C11H16N2O3S/c1-16-7-6-13-17(14,15)10-2-3-11-9(8-10)4-5-12-11/h2-3,8,12-13H,4-7H2,1H3. The SMILES string of the molecule is COCCNS(=O)(=O)c1ccc2c(c1)CCN2. The monoisotopic (exact) mass is 256 g/mol. The van der Waals surface area contributed by atoms with Crippen LogP contribution in [0.2, 0.25) is 0 Å². The summed E-state index contributed by atoms with van der Waals surface area (Å²) in [6.45, 7) is 1.52. The summed E-state index contributed by atoms with van der Waals surface area (Å²) in [5, 5.41) is 3.20. The van der Waals surface area contributed by atoms with E-state index in [9.17, 15) is 8.42 Å². The van der Waals surface area contributed by atoms with Gasteiger partial charge in [0.05, 0.1) is 11.5 Å². The van der Waals surface area contributed by atoms with Gasteiger partial charge in [-0.25, -0.2) is 13.1 Å². The zero-order valence-electron chi connectivity index (χ0n) is 9.69. The van der Waals surface area contributed by atoms with Crippen LogP contribution in [0.4, 0.5) is 5.69 Å². The van der Waals surface area contributed by atoms with E-state index < -0.39 is 10.0 Å². The summed E-state index contributed by atoms with van der Waals surface area (Å²) in [5.74, 6) is 0. The van der Waals surface area contributed by atoms with Crippen molar-refractivity contribution in [1.29, 1.82) is 0 Å². The molecule has 1 heterocycles. The lowest BCUT2D eigenvalue weighted by molar-refractivity contribution is 0.204. The molecule has 2 N–H and O–H groups in total. The van der Waals surface area contributed by atoms with Gasteiger partial charge in [0.2, 0.25) is 10.0 Å². The minimum Gasteiger partial charge on any atom is -0.384 e. The molecule has 94 valence electrons. The van der Waals surface area contributed by atoms with E-state index in [0.29, 0.717) is 11.5 Å². The quantitative estimate of drug-likeness (QED) is 0.756. The molecule has 0 aromatic heterocycles. The van der Waals surface area contributed by atoms with Crippen molar-refractivity contribution < 1.29 is 13.2 Å². The summed E-state index contributed by atoms with van der Waals surface area (Å²) in [6.07, 6.45) is 0.872. The minimum atomic E-state index is -3.41. The largest absolute Gasteiger partial charge is 0.384 e. The van der Waals surface area contributed by atoms with Crippen molar-refractivity contribution in [2.75, 3.05) is 32.1 Å². The number of methoxy groups -OCH3 is 1. The predicted octanol–water partition coefficient (Wildman–Crippen LogP) is 0.579. The Hall–Kier alpha value is -1.11. The molecule has 0 unspecified atom stereocenters. The average molecular weight is 256 g/mol. The van der Waals surface area contributed by atoms with Crippen molar-refractivity contribution in [3.05, 3.63) is 23.8 Å². The number of benzene rings is 1. The molecule has 0 saturated heterocycles. The lowest BCUT2D eigenvalue weighted by Crippen LogP contribution is -2.27. The molecule has 0 amide bonds. The van der Waals surface area contributed by atoms with Gasteiger partial charge in [0.15, 0.2) is 0 Å². The van der Waals surface area contributed by atoms with E-state index in [1.54, 1.807) is 12.1 Å². The van der Waals surface area contributed by atoms with Crippen LogP contribution in [0.1, 0.15) is 5.56 Å². The number of hydrogen-bond donors (Lipinski definition) is 2. The molecular formula is C11H16N2O3S. The van der Waals surface area contributed by atoms with E-state index in [1.165, 1.54) is 7.11 Å². The second-order valence-electron chi connectivity index (χ2n) is 3.89. The van der Waals surface area contributed by atoms with Gasteiger partial charge in [-0.1, -0.05) is 0 Å². The van der Waals surface area contributed by atoms with Gasteiger partial charge in [0.1, 0.15) is 0 Å². The van der Waals surface area contributed by atoms with Gasteiger partial charge in [-0.15, -0.1) is 0 Å². The third-order valence-corrected chi connectivity index (χ3v) is 4.15. The average Bonchev–Trinajstić information content (AvgIpc) is 2.76. The second-order valence-corrected chi connectivity index (χ2v) is 5.65. The zero-order chi connectivity index (χ0) is 12.3. The number of sulfonamides is 1. The smallest absolute Gasteiger partial charge is 0.240 e. The molecule has 2 rings (SSSR count). The number of ether oxygens (including phenoxy) is 1. The highest BCUT2D eigenvalue weighted by Gasteiger charge is 2.17. The molecule has 0 fully saturated rings. The third-order valence-electron chi connectivity index (χ3n) is 2.70. The summed E-state index contributed by atoms with van der Waals surface area (Å²) < 4.78 is 31.1. The van der Waals surface area contributed by atoms with Gasteiger partial charge in [-0.2, -0.15) is 0 Å². The van der Waals surface area contributed by atoms with Crippen LogP contribution in [0, 0.1) is 0 Å². The Bertz CT molecular complexity index is 499. The molecule has 5 nitrogen and oxygen atoms in total. The first-order valence-electron chi connectivity index (χ1n) is 5.49. The van der Waals surface area contributed by atoms with Gasteiger partial charge in [-0.05, 0) is 30.2 Å². The molecular weight excluding hydrogens is 240 g/mol. The van der Waals surface area contributed by atoms with Gasteiger partial charge >= 0.3 is 0 Å². The summed E-state index contributed by atoms with van der Waals surface area (Å²) in [6, 6.07) is 5.16. The van der Waals surface area contributed by atoms with Crippen molar-refractivity contribution in [1.82, 2.24) is 4.72 Å². The van der Waals surface area contributed by atoms with Crippen LogP contribution in [0.3, 0.4) is 0 Å². The van der Waals surface area contributed by atoms with Crippen LogP contribution in [0.15, 0.2) is 23.1 Å². The van der Waals surface area contributed by atoms with Crippen LogP contribution in [0.5, 0.6) is 0 Å². The van der Waals surface area contributed by atoms with Crippen molar-refractivity contribution in [2.45, 2.75) is 11.3 Å². The first-order chi connectivity index (χ1) is 8.13. The van der Waals surface area contributed by atoms with E-state index in [1.807, 2.05) is 6.07 Å². The summed E-state index contributed by atoms with van der Waals surface area (Å²) in [5.41, 5.74) is 2.08. The fourth-order valence-electron chi connectivity index (χ4n) is 1.81. The number of anilines is 1. The number of rotatable bonds is 5. The number of fused-ring (bicyclic) bond motifs is 1. The maximum absolute atomic E-state index is 11.9. The lowest BCUT2D eigenvalue weighted by Gasteiger charge is -2.07. The van der Waals surface area contributed by atoms with E-state index in [-0.39, 0.29) is 6.54 Å². The maximum Gasteiger partial charge on any atom is 0.240 e. The molecule has 1 aromatic carbocycles. The fourth-order valence-corrected chi connectivity index (χ4v) is 2.87. The zero-order valence-corrected chi connectivity index (χ0v) is 10.5. The van der Waals surface area contributed by atoms with Crippen LogP contribution < -0.4 is 10.0 Å². The Labute approximate surface area is 101 Å². The van der Waals surface area contributed by atoms with Crippen molar-refractivity contribution >= 4 is 15.7 Å². The number of nitrogens with one attached hydrogen (secondary N) is 2.